The van der Waals surface area contributed by atoms with Gasteiger partial charge in [0.25, 0.3) is 5.91 Å². The van der Waals surface area contributed by atoms with Crippen LogP contribution in [0.2, 0.25) is 0 Å². The van der Waals surface area contributed by atoms with Gasteiger partial charge in [0, 0.05) is 30.6 Å². The number of rotatable bonds is 5. The van der Waals surface area contributed by atoms with Gasteiger partial charge in [0.15, 0.2) is 0 Å². The van der Waals surface area contributed by atoms with E-state index in [-0.39, 0.29) is 23.7 Å². The van der Waals surface area contributed by atoms with E-state index < -0.39 is 0 Å². The zero-order valence-electron chi connectivity index (χ0n) is 14.8. The number of ether oxygens (including phenoxy) is 1. The van der Waals surface area contributed by atoms with Crippen LogP contribution in [0.3, 0.4) is 0 Å². The topological polar surface area (TPSA) is 59.4 Å². The number of carbonyl (C=O) groups excluding carboxylic acids is 1. The van der Waals surface area contributed by atoms with Gasteiger partial charge in [-0.05, 0) is 47.7 Å². The summed E-state index contributed by atoms with van der Waals surface area (Å²) < 4.78 is 7.67. The second-order valence-corrected chi connectivity index (χ2v) is 7.12. The molecule has 1 amide bonds. The van der Waals surface area contributed by atoms with Gasteiger partial charge >= 0.3 is 0 Å². The molecule has 1 fully saturated rings. The number of aryl methyl sites for hydroxylation is 1. The smallest absolute Gasteiger partial charge is 0.269 e. The molecule has 2 heterocycles. The van der Waals surface area contributed by atoms with Crippen molar-refractivity contribution in [2.24, 2.45) is 0 Å². The minimum atomic E-state index is -0.0513. The van der Waals surface area contributed by atoms with Crippen LogP contribution in [0.4, 0.5) is 0 Å². The van der Waals surface area contributed by atoms with Crippen molar-refractivity contribution in [1.82, 2.24) is 20.0 Å². The van der Waals surface area contributed by atoms with E-state index in [0.29, 0.717) is 13.1 Å². The first kappa shape index (κ1) is 16.5. The number of nitrogens with one attached hydrogen (secondary N) is 1. The predicted molar refractivity (Wildman–Crippen MR) is 88.6 cm³/mol. The summed E-state index contributed by atoms with van der Waals surface area (Å²) in [5.74, 6) is -0.00461. The Labute approximate surface area is 138 Å². The summed E-state index contributed by atoms with van der Waals surface area (Å²) in [4.78, 5) is 15.1. The summed E-state index contributed by atoms with van der Waals surface area (Å²) in [6, 6.07) is 0. The van der Waals surface area contributed by atoms with Gasteiger partial charge in [0.1, 0.15) is 5.69 Å². The van der Waals surface area contributed by atoms with Crippen molar-refractivity contribution >= 4 is 5.91 Å². The molecule has 1 aliphatic carbocycles. The molecule has 1 saturated carbocycles. The average molecular weight is 320 g/mol. The van der Waals surface area contributed by atoms with Crippen molar-refractivity contribution in [3.05, 3.63) is 17.0 Å². The molecule has 2 aliphatic rings. The van der Waals surface area contributed by atoms with Crippen molar-refractivity contribution in [2.45, 2.75) is 64.3 Å². The van der Waals surface area contributed by atoms with E-state index in [0.717, 1.165) is 36.2 Å². The van der Waals surface area contributed by atoms with Gasteiger partial charge in [0.2, 0.25) is 0 Å². The predicted octanol–water partition coefficient (Wildman–Crippen LogP) is 1.75. The van der Waals surface area contributed by atoms with Crippen LogP contribution in [-0.4, -0.2) is 52.9 Å². The molecular formula is C17H28N4O2. The van der Waals surface area contributed by atoms with Crippen molar-refractivity contribution in [3.63, 3.8) is 0 Å². The van der Waals surface area contributed by atoms with Gasteiger partial charge in [-0.1, -0.05) is 0 Å². The van der Waals surface area contributed by atoms with Gasteiger partial charge < -0.3 is 15.0 Å². The van der Waals surface area contributed by atoms with Gasteiger partial charge in [-0.15, -0.1) is 0 Å². The molecule has 6 heteroatoms. The first-order valence-electron chi connectivity index (χ1n) is 8.58. The van der Waals surface area contributed by atoms with Crippen molar-refractivity contribution in [1.29, 1.82) is 0 Å². The zero-order valence-corrected chi connectivity index (χ0v) is 14.8. The first-order chi connectivity index (χ1) is 10.9. The molecule has 0 aromatic carbocycles. The molecule has 0 unspecified atom stereocenters. The standard InChI is InChI=1S/C17H28N4O2/c1-6-21-15(13-9-11(2)23-12(3)14(13)19-21)16(22)18-10-17(7-8-17)20(4)5/h11-12H,6-10H2,1-5H3,(H,18,22)/t11-,12+/m0/s1. The Bertz CT molecular complexity index is 604. The van der Waals surface area contributed by atoms with E-state index in [9.17, 15) is 4.79 Å². The Hall–Kier alpha value is -1.40. The highest BCUT2D eigenvalue weighted by atomic mass is 16.5. The number of hydrogen-bond donors (Lipinski definition) is 1. The van der Waals surface area contributed by atoms with Crippen LogP contribution in [0, 0.1) is 0 Å². The lowest BCUT2D eigenvalue weighted by Gasteiger charge is -2.25. The van der Waals surface area contributed by atoms with Crippen molar-refractivity contribution in [3.8, 4) is 0 Å². The average Bonchev–Trinajstić information content (AvgIpc) is 3.20. The maximum absolute atomic E-state index is 12.8. The Morgan fingerprint density at radius 2 is 2.13 bits per heavy atom. The molecule has 0 spiro atoms. The van der Waals surface area contributed by atoms with Crippen LogP contribution in [-0.2, 0) is 17.7 Å². The summed E-state index contributed by atoms with van der Waals surface area (Å²) >= 11 is 0. The molecule has 0 bridgehead atoms. The van der Waals surface area contributed by atoms with Crippen LogP contribution in [0.1, 0.15) is 61.5 Å². The van der Waals surface area contributed by atoms with Crippen molar-refractivity contribution in [2.75, 3.05) is 20.6 Å². The number of hydrogen-bond acceptors (Lipinski definition) is 4. The lowest BCUT2D eigenvalue weighted by atomic mass is 9.99. The highest BCUT2D eigenvalue weighted by Crippen LogP contribution is 2.39. The van der Waals surface area contributed by atoms with Crippen LogP contribution in [0.5, 0.6) is 0 Å². The van der Waals surface area contributed by atoms with Gasteiger partial charge in [-0.2, -0.15) is 5.10 Å². The Morgan fingerprint density at radius 1 is 1.43 bits per heavy atom. The van der Waals surface area contributed by atoms with Gasteiger partial charge in [-0.25, -0.2) is 0 Å². The summed E-state index contributed by atoms with van der Waals surface area (Å²) in [6.45, 7) is 7.47. The molecule has 6 nitrogen and oxygen atoms in total. The molecule has 0 saturated heterocycles. The molecule has 3 rings (SSSR count). The van der Waals surface area contributed by atoms with Crippen LogP contribution in [0.25, 0.3) is 0 Å². The highest BCUT2D eigenvalue weighted by Gasteiger charge is 2.45. The lowest BCUT2D eigenvalue weighted by Crippen LogP contribution is -2.43. The second kappa shape index (κ2) is 5.91. The fourth-order valence-electron chi connectivity index (χ4n) is 3.53. The molecule has 128 valence electrons. The number of likely N-dealkylation sites (N-methyl/N-ethyl adjacent to an activating group) is 1. The van der Waals surface area contributed by atoms with Gasteiger partial charge in [0.05, 0.1) is 17.9 Å². The maximum Gasteiger partial charge on any atom is 0.269 e. The molecule has 1 N–H and O–H groups in total. The maximum atomic E-state index is 12.8. The van der Waals surface area contributed by atoms with Crippen molar-refractivity contribution < 1.29 is 9.53 Å². The molecule has 1 aromatic rings. The summed E-state index contributed by atoms with van der Waals surface area (Å²) in [6.07, 6.45) is 3.11. The number of carbonyl (C=O) groups is 1. The fraction of sp³-hybridized carbons (Fsp3) is 0.765. The first-order valence-corrected chi connectivity index (χ1v) is 8.58. The molecule has 1 aromatic heterocycles. The summed E-state index contributed by atoms with van der Waals surface area (Å²) in [5.41, 5.74) is 2.85. The van der Waals surface area contributed by atoms with Crippen LogP contribution >= 0.6 is 0 Å². The molecular weight excluding hydrogens is 292 g/mol. The molecule has 23 heavy (non-hydrogen) atoms. The zero-order chi connectivity index (χ0) is 16.8. The van der Waals surface area contributed by atoms with E-state index in [4.69, 9.17) is 4.74 Å². The third kappa shape index (κ3) is 2.90. The number of fused-ring (bicyclic) bond motifs is 1. The minimum absolute atomic E-state index is 0.00461. The second-order valence-electron chi connectivity index (χ2n) is 7.12. The lowest BCUT2D eigenvalue weighted by molar-refractivity contribution is -0.00712. The molecule has 2 atom stereocenters. The summed E-state index contributed by atoms with van der Waals surface area (Å²) in [5, 5.41) is 7.76. The number of nitrogens with zero attached hydrogens (tertiary/aromatic N) is 3. The van der Waals surface area contributed by atoms with E-state index in [1.807, 2.05) is 18.5 Å². The summed E-state index contributed by atoms with van der Waals surface area (Å²) in [7, 11) is 4.16. The minimum Gasteiger partial charge on any atom is -0.369 e. The van der Waals surface area contributed by atoms with E-state index in [1.165, 1.54) is 0 Å². The van der Waals surface area contributed by atoms with E-state index >= 15 is 0 Å². The normalized spacial score (nSPS) is 25.3. The third-order valence-corrected chi connectivity index (χ3v) is 5.26. The number of amides is 1. The largest absolute Gasteiger partial charge is 0.369 e. The highest BCUT2D eigenvalue weighted by molar-refractivity contribution is 5.94. The monoisotopic (exact) mass is 320 g/mol. The Balaban J connectivity index is 1.83. The van der Waals surface area contributed by atoms with Crippen LogP contribution < -0.4 is 5.32 Å². The SMILES string of the molecule is CCn1nc2c(c1C(=O)NCC1(N(C)C)CC1)C[C@H](C)O[C@@H]2C. The van der Waals surface area contributed by atoms with E-state index in [2.05, 4.69) is 36.3 Å². The molecule has 0 radical (unpaired) electrons. The third-order valence-electron chi connectivity index (χ3n) is 5.26. The number of aromatic nitrogens is 2. The quantitative estimate of drug-likeness (QED) is 0.898. The Kier molecular flexibility index (Phi) is 4.23. The fourth-order valence-corrected chi connectivity index (χ4v) is 3.53. The van der Waals surface area contributed by atoms with E-state index in [1.54, 1.807) is 0 Å². The van der Waals surface area contributed by atoms with Gasteiger partial charge in [-0.3, -0.25) is 9.48 Å². The Morgan fingerprint density at radius 3 is 2.70 bits per heavy atom. The van der Waals surface area contributed by atoms with Crippen LogP contribution in [0.15, 0.2) is 0 Å². The molecule has 1 aliphatic heterocycles.